The first kappa shape index (κ1) is 22.4. The number of nitrogens with zero attached hydrogens (tertiary/aromatic N) is 1. The van der Waals surface area contributed by atoms with Gasteiger partial charge >= 0.3 is 0 Å². The van der Waals surface area contributed by atoms with Crippen LogP contribution in [0.1, 0.15) is 6.42 Å². The second kappa shape index (κ2) is 10.3. The average Bonchev–Trinajstić information content (AvgIpc) is 2.43. The van der Waals surface area contributed by atoms with Crippen molar-refractivity contribution in [1.82, 2.24) is 14.9 Å². The number of nitrogens with one attached hydrogen (secondary N) is 2. The van der Waals surface area contributed by atoms with Gasteiger partial charge in [0.25, 0.3) is 0 Å². The van der Waals surface area contributed by atoms with Gasteiger partial charge in [-0.15, -0.1) is 12.4 Å². The molecular formula is C13H20Cl3N3O3S. The molecule has 0 aliphatic rings. The van der Waals surface area contributed by atoms with Crippen LogP contribution in [-0.2, 0) is 14.8 Å². The van der Waals surface area contributed by atoms with Gasteiger partial charge in [-0.25, -0.2) is 13.1 Å². The number of amides is 1. The zero-order valence-electron chi connectivity index (χ0n) is 12.8. The normalized spacial score (nSPS) is 11.0. The van der Waals surface area contributed by atoms with E-state index in [1.165, 1.54) is 17.0 Å². The summed E-state index contributed by atoms with van der Waals surface area (Å²) < 4.78 is 26.7. The summed E-state index contributed by atoms with van der Waals surface area (Å²) in [5.74, 6) is -0.150. The molecule has 0 bridgehead atoms. The fraction of sp³-hybridized carbons (Fsp3) is 0.462. The zero-order valence-corrected chi connectivity index (χ0v) is 15.9. The van der Waals surface area contributed by atoms with Gasteiger partial charge in [0.2, 0.25) is 15.9 Å². The molecule has 0 spiro atoms. The van der Waals surface area contributed by atoms with E-state index in [2.05, 4.69) is 10.0 Å². The smallest absolute Gasteiger partial charge is 0.243 e. The molecule has 23 heavy (non-hydrogen) atoms. The van der Waals surface area contributed by atoms with Gasteiger partial charge in [0.1, 0.15) is 4.90 Å². The number of likely N-dealkylation sites (N-methyl/N-ethyl adjacent to an activating group) is 2. The number of hydrogen-bond donors (Lipinski definition) is 2. The van der Waals surface area contributed by atoms with Crippen molar-refractivity contribution < 1.29 is 13.2 Å². The van der Waals surface area contributed by atoms with E-state index in [0.717, 1.165) is 0 Å². The third-order valence-electron chi connectivity index (χ3n) is 2.94. The molecule has 0 radical (unpaired) electrons. The summed E-state index contributed by atoms with van der Waals surface area (Å²) in [6, 6.07) is 4.45. The topological polar surface area (TPSA) is 78.5 Å². The van der Waals surface area contributed by atoms with Gasteiger partial charge in [-0.3, -0.25) is 4.79 Å². The van der Waals surface area contributed by atoms with E-state index in [1.807, 2.05) is 0 Å². The van der Waals surface area contributed by atoms with Gasteiger partial charge in [0.05, 0.1) is 10.0 Å². The van der Waals surface area contributed by atoms with Crippen LogP contribution < -0.4 is 10.0 Å². The fourth-order valence-corrected chi connectivity index (χ4v) is 3.87. The third kappa shape index (κ3) is 6.82. The average molecular weight is 405 g/mol. The largest absolute Gasteiger partial charge is 0.344 e. The van der Waals surface area contributed by atoms with Gasteiger partial charge in [-0.1, -0.05) is 29.3 Å². The summed E-state index contributed by atoms with van der Waals surface area (Å²) in [7, 11) is -0.400. The van der Waals surface area contributed by atoms with E-state index in [4.69, 9.17) is 23.2 Å². The summed E-state index contributed by atoms with van der Waals surface area (Å²) in [5, 5.41) is 3.01. The number of benzene rings is 1. The summed E-state index contributed by atoms with van der Waals surface area (Å²) in [6.07, 6.45) is 0.0571. The van der Waals surface area contributed by atoms with Crippen LogP contribution in [0.15, 0.2) is 23.1 Å². The molecule has 0 fully saturated rings. The Morgan fingerprint density at radius 3 is 2.30 bits per heavy atom. The van der Waals surface area contributed by atoms with E-state index < -0.39 is 10.0 Å². The summed E-state index contributed by atoms with van der Waals surface area (Å²) in [4.78, 5) is 13.2. The summed E-state index contributed by atoms with van der Waals surface area (Å²) in [5.41, 5.74) is 0. The molecule has 0 heterocycles. The number of sulfonamides is 1. The van der Waals surface area contributed by atoms with E-state index in [9.17, 15) is 13.2 Å². The lowest BCUT2D eigenvalue weighted by molar-refractivity contribution is -0.129. The first-order chi connectivity index (χ1) is 10.3. The Morgan fingerprint density at radius 1 is 1.22 bits per heavy atom. The fourth-order valence-electron chi connectivity index (χ4n) is 1.70. The molecule has 0 unspecified atom stereocenters. The third-order valence-corrected chi connectivity index (χ3v) is 5.36. The van der Waals surface area contributed by atoms with Gasteiger partial charge < -0.3 is 10.2 Å². The van der Waals surface area contributed by atoms with Gasteiger partial charge in [0.15, 0.2) is 0 Å². The molecule has 0 saturated carbocycles. The summed E-state index contributed by atoms with van der Waals surface area (Å²) in [6.45, 7) is 1.20. The van der Waals surface area contributed by atoms with Crippen LogP contribution in [0.4, 0.5) is 0 Å². The molecule has 0 saturated heterocycles. The molecule has 1 amide bonds. The molecule has 1 aromatic carbocycles. The maximum absolute atomic E-state index is 12.2. The van der Waals surface area contributed by atoms with Crippen LogP contribution in [0.5, 0.6) is 0 Å². The number of carbonyl (C=O) groups excluding carboxylic acids is 1. The van der Waals surface area contributed by atoms with Gasteiger partial charge in [0, 0.05) is 33.1 Å². The maximum Gasteiger partial charge on any atom is 0.243 e. The first-order valence-electron chi connectivity index (χ1n) is 6.62. The van der Waals surface area contributed by atoms with Crippen LogP contribution in [0.25, 0.3) is 0 Å². The highest BCUT2D eigenvalue weighted by Gasteiger charge is 2.21. The number of halogens is 3. The lowest BCUT2D eigenvalue weighted by Gasteiger charge is -2.17. The van der Waals surface area contributed by atoms with E-state index >= 15 is 0 Å². The van der Waals surface area contributed by atoms with Crippen molar-refractivity contribution in [3.05, 3.63) is 28.2 Å². The minimum atomic E-state index is -3.86. The van der Waals surface area contributed by atoms with Crippen molar-refractivity contribution in [2.24, 2.45) is 0 Å². The predicted molar refractivity (Wildman–Crippen MR) is 95.1 cm³/mol. The van der Waals surface area contributed by atoms with Crippen molar-refractivity contribution in [2.45, 2.75) is 11.3 Å². The molecular weight excluding hydrogens is 385 g/mol. The minimum Gasteiger partial charge on any atom is -0.344 e. The molecule has 2 N–H and O–H groups in total. The van der Waals surface area contributed by atoms with Crippen LogP contribution >= 0.6 is 35.6 Å². The number of rotatable bonds is 8. The molecule has 132 valence electrons. The second-order valence-corrected chi connectivity index (χ2v) is 7.14. The Morgan fingerprint density at radius 2 is 1.78 bits per heavy atom. The minimum absolute atomic E-state index is 0. The molecule has 0 aromatic heterocycles. The standard InChI is InChI=1S/C13H19Cl2N3O3S.ClH/c1-16-8-9-18(2)12(19)6-7-17-22(20,21)13-10(14)4-3-5-11(13)15;/h3-5,16-17H,6-9H2,1-2H3;1H. The van der Waals surface area contributed by atoms with Crippen molar-refractivity contribution >= 4 is 51.5 Å². The van der Waals surface area contributed by atoms with E-state index in [-0.39, 0.29) is 46.2 Å². The Labute approximate surface area is 153 Å². The lowest BCUT2D eigenvalue weighted by Crippen LogP contribution is -2.35. The predicted octanol–water partition coefficient (Wildman–Crippen LogP) is 1.76. The molecule has 1 aromatic rings. The molecule has 0 atom stereocenters. The van der Waals surface area contributed by atoms with E-state index in [1.54, 1.807) is 20.2 Å². The Kier molecular flexibility index (Phi) is 10.1. The van der Waals surface area contributed by atoms with Crippen LogP contribution in [-0.4, -0.2) is 53.0 Å². The molecule has 0 aliphatic heterocycles. The Balaban J connectivity index is 0.00000484. The maximum atomic E-state index is 12.2. The quantitative estimate of drug-likeness (QED) is 0.692. The molecule has 10 heteroatoms. The number of hydrogen-bond acceptors (Lipinski definition) is 4. The molecule has 0 aliphatic carbocycles. The van der Waals surface area contributed by atoms with Crippen molar-refractivity contribution in [2.75, 3.05) is 33.7 Å². The lowest BCUT2D eigenvalue weighted by atomic mass is 10.3. The highest BCUT2D eigenvalue weighted by molar-refractivity contribution is 7.89. The Bertz CT molecular complexity index is 606. The zero-order chi connectivity index (χ0) is 16.8. The van der Waals surface area contributed by atoms with E-state index in [0.29, 0.717) is 13.1 Å². The Hall–Kier alpha value is -0.570. The van der Waals surface area contributed by atoms with Gasteiger partial charge in [-0.2, -0.15) is 0 Å². The monoisotopic (exact) mass is 403 g/mol. The van der Waals surface area contributed by atoms with Crippen LogP contribution in [0.2, 0.25) is 10.0 Å². The molecule has 6 nitrogen and oxygen atoms in total. The van der Waals surface area contributed by atoms with Crippen molar-refractivity contribution in [3.8, 4) is 0 Å². The van der Waals surface area contributed by atoms with Crippen molar-refractivity contribution in [1.29, 1.82) is 0 Å². The summed E-state index contributed by atoms with van der Waals surface area (Å²) >= 11 is 11.8. The van der Waals surface area contributed by atoms with Crippen LogP contribution in [0.3, 0.4) is 0 Å². The first-order valence-corrected chi connectivity index (χ1v) is 8.85. The highest BCUT2D eigenvalue weighted by Crippen LogP contribution is 2.28. The molecule has 1 rings (SSSR count). The van der Waals surface area contributed by atoms with Gasteiger partial charge in [-0.05, 0) is 19.2 Å². The van der Waals surface area contributed by atoms with Crippen LogP contribution in [0, 0.1) is 0 Å². The SMILES string of the molecule is CNCCN(C)C(=O)CCNS(=O)(=O)c1c(Cl)cccc1Cl.Cl. The highest BCUT2D eigenvalue weighted by atomic mass is 35.5. The number of carbonyl (C=O) groups is 1. The second-order valence-electron chi connectivity index (χ2n) is 4.62. The van der Waals surface area contributed by atoms with Crippen molar-refractivity contribution in [3.63, 3.8) is 0 Å².